The molecule has 102 valence electrons. The summed E-state index contributed by atoms with van der Waals surface area (Å²) in [5, 5.41) is 9.25. The van der Waals surface area contributed by atoms with E-state index in [-0.39, 0.29) is 16.9 Å². The minimum absolute atomic E-state index is 0.169. The second kappa shape index (κ2) is 6.06. The molecule has 0 aromatic carbocycles. The molecule has 1 rings (SSSR count). The van der Waals surface area contributed by atoms with Gasteiger partial charge in [-0.2, -0.15) is 13.2 Å². The molecule has 1 heterocycles. The molecule has 1 unspecified atom stereocenters. The van der Waals surface area contributed by atoms with Crippen LogP contribution in [-0.4, -0.2) is 40.9 Å². The molecule has 0 saturated heterocycles. The minimum atomic E-state index is -4.62. The Bertz CT molecular complexity index is 394. The predicted octanol–water partition coefficient (Wildman–Crippen LogP) is 2.74. The van der Waals surface area contributed by atoms with Crippen molar-refractivity contribution < 1.29 is 18.3 Å². The van der Waals surface area contributed by atoms with Gasteiger partial charge in [-0.05, 0) is 24.7 Å². The van der Waals surface area contributed by atoms with Crippen molar-refractivity contribution in [3.8, 4) is 0 Å². The zero-order valence-corrected chi connectivity index (χ0v) is 10.9. The Balaban J connectivity index is 2.62. The Kier molecular flexibility index (Phi) is 5.21. The molecule has 0 bridgehead atoms. The number of likely N-dealkylation sites (N-methyl/N-ethyl adjacent to an activating group) is 1. The summed E-state index contributed by atoms with van der Waals surface area (Å²) in [7, 11) is 1.46. The van der Waals surface area contributed by atoms with Gasteiger partial charge in [-0.25, -0.2) is 4.98 Å². The van der Waals surface area contributed by atoms with Gasteiger partial charge < -0.3 is 5.11 Å². The molecule has 0 amide bonds. The Morgan fingerprint density at radius 2 is 1.83 bits per heavy atom. The van der Waals surface area contributed by atoms with Crippen LogP contribution >= 0.6 is 23.2 Å². The third-order valence-electron chi connectivity index (χ3n) is 2.14. The summed E-state index contributed by atoms with van der Waals surface area (Å²) in [5.74, 6) is 0. The molecule has 0 radical (unpaired) electrons. The topological polar surface area (TPSA) is 36.4 Å². The molecule has 0 aliphatic carbocycles. The quantitative estimate of drug-likeness (QED) is 0.869. The highest BCUT2D eigenvalue weighted by Crippen LogP contribution is 2.21. The first-order valence-corrected chi connectivity index (χ1v) is 5.69. The highest BCUT2D eigenvalue weighted by atomic mass is 35.5. The van der Waals surface area contributed by atoms with Crippen LogP contribution < -0.4 is 0 Å². The van der Waals surface area contributed by atoms with Gasteiger partial charge in [0.1, 0.15) is 10.3 Å². The normalized spacial score (nSPS) is 14.0. The van der Waals surface area contributed by atoms with Crippen molar-refractivity contribution in [2.75, 3.05) is 13.6 Å². The average molecular weight is 303 g/mol. The number of pyridine rings is 1. The van der Waals surface area contributed by atoms with E-state index in [1.807, 2.05) is 0 Å². The maximum absolute atomic E-state index is 12.1. The van der Waals surface area contributed by atoms with E-state index in [4.69, 9.17) is 28.3 Å². The standard InChI is InChI=1S/C10H11Cl2F3N2O/c1-17(5-7(18)10(13,14)15)4-6-2-8(11)16-9(12)3-6/h2-3,7,18H,4-5H2,1H3. The van der Waals surface area contributed by atoms with E-state index in [0.717, 1.165) is 0 Å². The number of alkyl halides is 3. The first kappa shape index (κ1) is 15.5. The molecule has 1 N–H and O–H groups in total. The van der Waals surface area contributed by atoms with Crippen molar-refractivity contribution in [1.29, 1.82) is 0 Å². The van der Waals surface area contributed by atoms with Gasteiger partial charge in [-0.1, -0.05) is 23.2 Å². The first-order valence-electron chi connectivity index (χ1n) is 4.94. The molecule has 0 fully saturated rings. The van der Waals surface area contributed by atoms with Gasteiger partial charge in [-0.3, -0.25) is 4.90 Å². The molecule has 3 nitrogen and oxygen atoms in total. The smallest absolute Gasteiger partial charge is 0.382 e. The SMILES string of the molecule is CN(Cc1cc(Cl)nc(Cl)c1)CC(O)C(F)(F)F. The van der Waals surface area contributed by atoms with Gasteiger partial charge in [0.2, 0.25) is 0 Å². The fourth-order valence-electron chi connectivity index (χ4n) is 1.38. The number of nitrogens with zero attached hydrogens (tertiary/aromatic N) is 2. The molecular formula is C10H11Cl2F3N2O. The van der Waals surface area contributed by atoms with Crippen molar-refractivity contribution in [3.63, 3.8) is 0 Å². The lowest BCUT2D eigenvalue weighted by Gasteiger charge is -2.22. The molecule has 1 aromatic rings. The lowest BCUT2D eigenvalue weighted by Crippen LogP contribution is -2.39. The molecule has 8 heteroatoms. The van der Waals surface area contributed by atoms with E-state index in [1.54, 1.807) is 0 Å². The average Bonchev–Trinajstić information content (AvgIpc) is 2.13. The molecule has 0 spiro atoms. The highest BCUT2D eigenvalue weighted by molar-refractivity contribution is 6.32. The number of hydrogen-bond donors (Lipinski definition) is 1. The van der Waals surface area contributed by atoms with Crippen LogP contribution in [0.3, 0.4) is 0 Å². The maximum atomic E-state index is 12.1. The van der Waals surface area contributed by atoms with Crippen LogP contribution in [0.5, 0.6) is 0 Å². The molecular weight excluding hydrogens is 292 g/mol. The number of aliphatic hydroxyl groups is 1. The van der Waals surface area contributed by atoms with Crippen LogP contribution in [0.15, 0.2) is 12.1 Å². The van der Waals surface area contributed by atoms with Crippen LogP contribution in [0.25, 0.3) is 0 Å². The second-order valence-electron chi connectivity index (χ2n) is 3.88. The zero-order chi connectivity index (χ0) is 13.9. The lowest BCUT2D eigenvalue weighted by atomic mass is 10.2. The lowest BCUT2D eigenvalue weighted by molar-refractivity contribution is -0.207. The third kappa shape index (κ3) is 4.97. The summed E-state index contributed by atoms with van der Waals surface area (Å²) in [6, 6.07) is 3.01. The van der Waals surface area contributed by atoms with Gasteiger partial charge in [-0.15, -0.1) is 0 Å². The summed E-state index contributed by atoms with van der Waals surface area (Å²) in [6.45, 7) is -0.351. The Morgan fingerprint density at radius 3 is 2.28 bits per heavy atom. The molecule has 0 aliphatic rings. The number of aliphatic hydroxyl groups excluding tert-OH is 1. The Labute approximate surface area is 112 Å². The van der Waals surface area contributed by atoms with Crippen LogP contribution in [0.2, 0.25) is 10.3 Å². The van der Waals surface area contributed by atoms with Crippen molar-refractivity contribution in [3.05, 3.63) is 28.0 Å². The molecule has 1 aromatic heterocycles. The molecule has 0 saturated carbocycles. The van der Waals surface area contributed by atoms with Gasteiger partial charge in [0.25, 0.3) is 0 Å². The van der Waals surface area contributed by atoms with Crippen molar-refractivity contribution in [2.24, 2.45) is 0 Å². The van der Waals surface area contributed by atoms with Crippen molar-refractivity contribution >= 4 is 23.2 Å². The van der Waals surface area contributed by atoms with Crippen LogP contribution in [0, 0.1) is 0 Å². The van der Waals surface area contributed by atoms with E-state index in [2.05, 4.69) is 4.98 Å². The summed E-state index contributed by atoms with van der Waals surface area (Å²) in [4.78, 5) is 5.04. The summed E-state index contributed by atoms with van der Waals surface area (Å²) >= 11 is 11.3. The van der Waals surface area contributed by atoms with Gasteiger partial charge in [0, 0.05) is 13.1 Å². The van der Waals surface area contributed by atoms with E-state index in [0.29, 0.717) is 5.56 Å². The predicted molar refractivity (Wildman–Crippen MR) is 62.7 cm³/mol. The molecule has 0 aliphatic heterocycles. The first-order chi connectivity index (χ1) is 8.18. The van der Waals surface area contributed by atoms with Crippen LogP contribution in [-0.2, 0) is 6.54 Å². The summed E-state index contributed by atoms with van der Waals surface area (Å²) < 4.78 is 36.4. The Hall–Kier alpha value is -0.560. The fraction of sp³-hybridized carbons (Fsp3) is 0.500. The van der Waals surface area contributed by atoms with E-state index in [9.17, 15) is 13.2 Å². The third-order valence-corrected chi connectivity index (χ3v) is 2.52. The molecule has 1 atom stereocenters. The van der Waals surface area contributed by atoms with Crippen LogP contribution in [0.1, 0.15) is 5.56 Å². The largest absolute Gasteiger partial charge is 0.415 e. The van der Waals surface area contributed by atoms with Gasteiger partial charge in [0.15, 0.2) is 6.10 Å². The Morgan fingerprint density at radius 1 is 1.33 bits per heavy atom. The van der Waals surface area contributed by atoms with Gasteiger partial charge in [0.05, 0.1) is 0 Å². The monoisotopic (exact) mass is 302 g/mol. The number of aromatic nitrogens is 1. The highest BCUT2D eigenvalue weighted by Gasteiger charge is 2.38. The number of halogens is 5. The van der Waals surface area contributed by atoms with E-state index >= 15 is 0 Å². The minimum Gasteiger partial charge on any atom is -0.382 e. The van der Waals surface area contributed by atoms with Gasteiger partial charge >= 0.3 is 6.18 Å². The number of hydrogen-bond acceptors (Lipinski definition) is 3. The summed E-state index contributed by atoms with van der Waals surface area (Å²) in [6.07, 6.45) is -7.00. The fourth-order valence-corrected chi connectivity index (χ4v) is 1.89. The maximum Gasteiger partial charge on any atom is 0.415 e. The van der Waals surface area contributed by atoms with Crippen molar-refractivity contribution in [1.82, 2.24) is 9.88 Å². The zero-order valence-electron chi connectivity index (χ0n) is 9.38. The van der Waals surface area contributed by atoms with Crippen molar-refractivity contribution in [2.45, 2.75) is 18.8 Å². The molecule has 18 heavy (non-hydrogen) atoms. The van der Waals surface area contributed by atoms with E-state index in [1.165, 1.54) is 24.1 Å². The second-order valence-corrected chi connectivity index (χ2v) is 4.65. The summed E-state index contributed by atoms with van der Waals surface area (Å²) in [5.41, 5.74) is 0.622. The van der Waals surface area contributed by atoms with Crippen LogP contribution in [0.4, 0.5) is 13.2 Å². The van der Waals surface area contributed by atoms with E-state index < -0.39 is 18.8 Å². The number of rotatable bonds is 4.